The van der Waals surface area contributed by atoms with Gasteiger partial charge >= 0.3 is 0 Å². The molecule has 0 heterocycles. The van der Waals surface area contributed by atoms with Crippen LogP contribution in [0.3, 0.4) is 0 Å². The Morgan fingerprint density at radius 1 is 1.13 bits per heavy atom. The molecule has 128 valence electrons. The predicted molar refractivity (Wildman–Crippen MR) is 93.9 cm³/mol. The van der Waals surface area contributed by atoms with Crippen molar-refractivity contribution >= 4 is 0 Å². The van der Waals surface area contributed by atoms with Gasteiger partial charge in [-0.2, -0.15) is 0 Å². The summed E-state index contributed by atoms with van der Waals surface area (Å²) >= 11 is 0. The summed E-state index contributed by atoms with van der Waals surface area (Å²) in [4.78, 5) is 0. The van der Waals surface area contributed by atoms with Crippen LogP contribution in [0.5, 0.6) is 11.5 Å². The molecule has 0 aromatic heterocycles. The molecule has 1 aromatic carbocycles. The molecule has 0 saturated heterocycles. The Morgan fingerprint density at radius 2 is 1.78 bits per heavy atom. The molecule has 2 atom stereocenters. The molecule has 0 aliphatic heterocycles. The molecule has 1 aromatic rings. The van der Waals surface area contributed by atoms with Gasteiger partial charge in [0.25, 0.3) is 0 Å². The van der Waals surface area contributed by atoms with E-state index in [1.807, 2.05) is 6.08 Å². The Morgan fingerprint density at radius 3 is 2.35 bits per heavy atom. The average Bonchev–Trinajstić information content (AvgIpc) is 2.46. The average molecular weight is 318 g/mol. The lowest BCUT2D eigenvalue weighted by molar-refractivity contribution is 0.00486. The van der Waals surface area contributed by atoms with Crippen molar-refractivity contribution in [3.05, 3.63) is 35.4 Å². The first kappa shape index (κ1) is 17.9. The van der Waals surface area contributed by atoms with Gasteiger partial charge in [-0.05, 0) is 63.1 Å². The highest BCUT2D eigenvalue weighted by Gasteiger charge is 2.37. The summed E-state index contributed by atoms with van der Waals surface area (Å²) in [6, 6.07) is 3.54. The topological polar surface area (TPSA) is 60.7 Å². The molecular formula is C20H30O3. The van der Waals surface area contributed by atoms with E-state index in [9.17, 15) is 15.3 Å². The summed E-state index contributed by atoms with van der Waals surface area (Å²) in [6.45, 7) is 5.76. The van der Waals surface area contributed by atoms with Crippen LogP contribution in [-0.2, 0) is 6.42 Å². The number of benzene rings is 1. The van der Waals surface area contributed by atoms with E-state index in [1.54, 1.807) is 26.0 Å². The molecule has 1 aliphatic carbocycles. The Kier molecular flexibility index (Phi) is 5.74. The molecule has 0 radical (unpaired) electrons. The minimum Gasteiger partial charge on any atom is -0.507 e. The molecule has 1 aliphatic rings. The van der Waals surface area contributed by atoms with Gasteiger partial charge in [0.05, 0.1) is 5.60 Å². The first-order valence-corrected chi connectivity index (χ1v) is 8.78. The van der Waals surface area contributed by atoms with Gasteiger partial charge < -0.3 is 15.3 Å². The molecule has 23 heavy (non-hydrogen) atoms. The van der Waals surface area contributed by atoms with Crippen LogP contribution < -0.4 is 0 Å². The number of phenols is 2. The quantitative estimate of drug-likeness (QED) is 0.528. The summed E-state index contributed by atoms with van der Waals surface area (Å²) in [5.74, 6) is 0.105. The highest BCUT2D eigenvalue weighted by Crippen LogP contribution is 2.46. The van der Waals surface area contributed by atoms with E-state index >= 15 is 0 Å². The molecule has 3 nitrogen and oxygen atoms in total. The predicted octanol–water partition coefficient (Wildman–Crippen LogP) is 4.65. The van der Waals surface area contributed by atoms with Crippen molar-refractivity contribution in [3.8, 4) is 11.5 Å². The maximum absolute atomic E-state index is 10.5. The summed E-state index contributed by atoms with van der Waals surface area (Å²) in [6.07, 6.45) is 10.1. The zero-order valence-electron chi connectivity index (χ0n) is 14.5. The van der Waals surface area contributed by atoms with Crippen molar-refractivity contribution in [2.45, 2.75) is 70.8 Å². The van der Waals surface area contributed by atoms with Crippen LogP contribution in [0.15, 0.2) is 24.3 Å². The number of aryl methyl sites for hydroxylation is 1. The Hall–Kier alpha value is -1.48. The third-order valence-electron chi connectivity index (χ3n) is 4.93. The third kappa shape index (κ3) is 4.29. The van der Waals surface area contributed by atoms with Crippen LogP contribution >= 0.6 is 0 Å². The number of aliphatic hydroxyl groups is 1. The lowest BCUT2D eigenvalue weighted by Gasteiger charge is -2.37. The van der Waals surface area contributed by atoms with Gasteiger partial charge in [-0.25, -0.2) is 0 Å². The van der Waals surface area contributed by atoms with Crippen LogP contribution in [0.2, 0.25) is 0 Å². The zero-order valence-corrected chi connectivity index (χ0v) is 14.5. The monoisotopic (exact) mass is 318 g/mol. The van der Waals surface area contributed by atoms with Gasteiger partial charge in [0.15, 0.2) is 0 Å². The van der Waals surface area contributed by atoms with Gasteiger partial charge in [0.2, 0.25) is 0 Å². The summed E-state index contributed by atoms with van der Waals surface area (Å²) < 4.78 is 0. The molecule has 3 N–H and O–H groups in total. The molecule has 2 rings (SSSR count). The van der Waals surface area contributed by atoms with E-state index in [0.717, 1.165) is 44.1 Å². The lowest BCUT2D eigenvalue weighted by Crippen LogP contribution is -2.36. The largest absolute Gasteiger partial charge is 0.507 e. The second-order valence-electron chi connectivity index (χ2n) is 7.30. The van der Waals surface area contributed by atoms with Crippen LogP contribution in [0.25, 0.3) is 0 Å². The fourth-order valence-corrected chi connectivity index (χ4v) is 3.67. The summed E-state index contributed by atoms with van der Waals surface area (Å²) in [5, 5.41) is 31.4. The summed E-state index contributed by atoms with van der Waals surface area (Å²) in [5.41, 5.74) is 0.665. The van der Waals surface area contributed by atoms with Crippen molar-refractivity contribution in [2.75, 3.05) is 0 Å². The van der Waals surface area contributed by atoms with E-state index in [2.05, 4.69) is 13.0 Å². The van der Waals surface area contributed by atoms with E-state index in [1.165, 1.54) is 0 Å². The van der Waals surface area contributed by atoms with E-state index in [4.69, 9.17) is 0 Å². The van der Waals surface area contributed by atoms with Crippen molar-refractivity contribution in [3.63, 3.8) is 0 Å². The second kappa shape index (κ2) is 7.39. The van der Waals surface area contributed by atoms with Crippen molar-refractivity contribution in [2.24, 2.45) is 5.92 Å². The molecular weight excluding hydrogens is 288 g/mol. The number of phenolic OH excluding ortho intramolecular Hbond substituents is 2. The molecule has 0 fully saturated rings. The number of hydrogen-bond donors (Lipinski definition) is 3. The first-order valence-electron chi connectivity index (χ1n) is 8.78. The van der Waals surface area contributed by atoms with Gasteiger partial charge in [0, 0.05) is 11.5 Å². The number of hydrogen-bond acceptors (Lipinski definition) is 3. The fourth-order valence-electron chi connectivity index (χ4n) is 3.67. The normalized spacial score (nSPS) is 21.6. The van der Waals surface area contributed by atoms with Crippen molar-refractivity contribution in [1.29, 1.82) is 0 Å². The van der Waals surface area contributed by atoms with Crippen LogP contribution in [0.1, 0.15) is 69.9 Å². The highest BCUT2D eigenvalue weighted by molar-refractivity contribution is 5.51. The Bertz CT molecular complexity index is 531. The van der Waals surface area contributed by atoms with Gasteiger partial charge in [-0.15, -0.1) is 0 Å². The molecule has 0 spiro atoms. The lowest BCUT2D eigenvalue weighted by atomic mass is 9.71. The maximum Gasteiger partial charge on any atom is 0.123 e. The zero-order chi connectivity index (χ0) is 17.0. The Labute approximate surface area is 139 Å². The van der Waals surface area contributed by atoms with Crippen molar-refractivity contribution < 1.29 is 15.3 Å². The summed E-state index contributed by atoms with van der Waals surface area (Å²) in [7, 11) is 0. The van der Waals surface area contributed by atoms with Crippen LogP contribution in [-0.4, -0.2) is 20.9 Å². The second-order valence-corrected chi connectivity index (χ2v) is 7.30. The van der Waals surface area contributed by atoms with Gasteiger partial charge in [0.1, 0.15) is 11.5 Å². The maximum atomic E-state index is 10.5. The fraction of sp³-hybridized carbons (Fsp3) is 0.600. The minimum atomic E-state index is -0.853. The van der Waals surface area contributed by atoms with E-state index < -0.39 is 5.60 Å². The van der Waals surface area contributed by atoms with E-state index in [0.29, 0.717) is 5.56 Å². The van der Waals surface area contributed by atoms with Gasteiger partial charge in [-0.1, -0.05) is 31.9 Å². The number of rotatable bonds is 6. The standard InChI is InChI=1S/C20H30O3/c1-4-5-6-9-14-12-17(21)19(18(22)13-14)15-10-7-8-11-16(15)20(2,3)23/h7,10,12-13,15-16,21-23H,4-6,8-9,11H2,1-3H3/t15-,16-/m1/s1. The van der Waals surface area contributed by atoms with E-state index in [-0.39, 0.29) is 23.3 Å². The van der Waals surface area contributed by atoms with Crippen LogP contribution in [0, 0.1) is 5.92 Å². The highest BCUT2D eigenvalue weighted by atomic mass is 16.3. The number of aromatic hydroxyl groups is 2. The molecule has 0 unspecified atom stereocenters. The molecule has 0 amide bonds. The molecule has 0 saturated carbocycles. The molecule has 0 bridgehead atoms. The number of allylic oxidation sites excluding steroid dienone is 2. The van der Waals surface area contributed by atoms with Gasteiger partial charge in [-0.3, -0.25) is 0 Å². The van der Waals surface area contributed by atoms with Crippen molar-refractivity contribution in [1.82, 2.24) is 0 Å². The third-order valence-corrected chi connectivity index (χ3v) is 4.93. The minimum absolute atomic E-state index is 0.0183. The first-order chi connectivity index (χ1) is 10.8. The molecule has 3 heteroatoms. The van der Waals surface area contributed by atoms with Crippen LogP contribution in [0.4, 0.5) is 0 Å². The smallest absolute Gasteiger partial charge is 0.123 e. The SMILES string of the molecule is CCCCCc1cc(O)c([C@@H]2C=CCC[C@H]2C(C)(C)O)c(O)c1. The Balaban J connectivity index is 2.31. The number of unbranched alkanes of at least 4 members (excludes halogenated alkanes) is 2.